The summed E-state index contributed by atoms with van der Waals surface area (Å²) in [6.07, 6.45) is 18.2. The first kappa shape index (κ1) is 19.5. The third-order valence-corrected chi connectivity index (χ3v) is 5.92. The highest BCUT2D eigenvalue weighted by Gasteiger charge is 2.44. The van der Waals surface area contributed by atoms with Crippen LogP contribution in [-0.2, 0) is 4.79 Å². The Balaban J connectivity index is 2.22. The van der Waals surface area contributed by atoms with Gasteiger partial charge in [0.05, 0.1) is 5.41 Å². The number of hydrogen-bond acceptors (Lipinski definition) is 1. The standard InChI is InChI=1S/C20H38O2/c1-3-5-6-7-8-9-10-11-14-17-20(4-2,19(21)22)18-15-12-13-16-18/h18H,3-17H2,1-2H3,(H,21,22). The van der Waals surface area contributed by atoms with Gasteiger partial charge in [0, 0.05) is 0 Å². The van der Waals surface area contributed by atoms with Crippen molar-refractivity contribution in [3.63, 3.8) is 0 Å². The first-order valence-electron chi connectivity index (χ1n) is 9.90. The van der Waals surface area contributed by atoms with Crippen molar-refractivity contribution in [1.82, 2.24) is 0 Å². The molecule has 1 rings (SSSR count). The van der Waals surface area contributed by atoms with E-state index in [0.29, 0.717) is 5.92 Å². The number of unbranched alkanes of at least 4 members (excludes halogenated alkanes) is 8. The lowest BCUT2D eigenvalue weighted by Gasteiger charge is -2.34. The minimum atomic E-state index is -0.526. The van der Waals surface area contributed by atoms with Gasteiger partial charge in [0.15, 0.2) is 0 Å². The quantitative estimate of drug-likeness (QED) is 0.390. The van der Waals surface area contributed by atoms with E-state index in [4.69, 9.17) is 0 Å². The van der Waals surface area contributed by atoms with Crippen molar-refractivity contribution in [3.05, 3.63) is 0 Å². The van der Waals surface area contributed by atoms with Crippen molar-refractivity contribution in [1.29, 1.82) is 0 Å². The smallest absolute Gasteiger partial charge is 0.309 e. The van der Waals surface area contributed by atoms with E-state index in [2.05, 4.69) is 13.8 Å². The predicted octanol–water partition coefficient (Wildman–Crippen LogP) is 6.58. The van der Waals surface area contributed by atoms with Crippen LogP contribution in [0.4, 0.5) is 0 Å². The maximum atomic E-state index is 11.9. The normalized spacial score (nSPS) is 18.5. The molecule has 1 N–H and O–H groups in total. The van der Waals surface area contributed by atoms with Crippen LogP contribution in [0.2, 0.25) is 0 Å². The molecule has 1 saturated carbocycles. The molecule has 2 nitrogen and oxygen atoms in total. The van der Waals surface area contributed by atoms with Crippen LogP contribution in [0.15, 0.2) is 0 Å². The fourth-order valence-corrected chi connectivity index (χ4v) is 4.33. The molecule has 0 bridgehead atoms. The molecule has 2 heteroatoms. The third kappa shape index (κ3) is 5.93. The number of aliphatic carboxylic acids is 1. The molecule has 130 valence electrons. The van der Waals surface area contributed by atoms with Gasteiger partial charge in [-0.05, 0) is 31.6 Å². The molecular weight excluding hydrogens is 272 g/mol. The molecule has 0 heterocycles. The Kier molecular flexibility index (Phi) is 9.82. The molecule has 0 aromatic carbocycles. The van der Waals surface area contributed by atoms with Crippen molar-refractivity contribution in [2.24, 2.45) is 11.3 Å². The fourth-order valence-electron chi connectivity index (χ4n) is 4.33. The average Bonchev–Trinajstić information content (AvgIpc) is 3.04. The first-order chi connectivity index (χ1) is 10.7. The Bertz CT molecular complexity index is 294. The summed E-state index contributed by atoms with van der Waals surface area (Å²) >= 11 is 0. The van der Waals surface area contributed by atoms with Gasteiger partial charge in [-0.2, -0.15) is 0 Å². The average molecular weight is 311 g/mol. The lowest BCUT2D eigenvalue weighted by atomic mass is 9.69. The van der Waals surface area contributed by atoms with Gasteiger partial charge in [0.1, 0.15) is 0 Å². The largest absolute Gasteiger partial charge is 0.481 e. The van der Waals surface area contributed by atoms with Gasteiger partial charge in [-0.3, -0.25) is 4.79 Å². The Morgan fingerprint density at radius 3 is 1.86 bits per heavy atom. The fraction of sp³-hybridized carbons (Fsp3) is 0.950. The number of hydrogen-bond donors (Lipinski definition) is 1. The molecular formula is C20H38O2. The topological polar surface area (TPSA) is 37.3 Å². The Morgan fingerprint density at radius 1 is 0.909 bits per heavy atom. The van der Waals surface area contributed by atoms with E-state index in [1.54, 1.807) is 0 Å². The number of carboxylic acids is 1. The van der Waals surface area contributed by atoms with Crippen molar-refractivity contribution < 1.29 is 9.90 Å². The van der Waals surface area contributed by atoms with Crippen molar-refractivity contribution in [3.8, 4) is 0 Å². The first-order valence-corrected chi connectivity index (χ1v) is 9.90. The minimum absolute atomic E-state index is 0.419. The van der Waals surface area contributed by atoms with Crippen molar-refractivity contribution in [2.45, 2.75) is 110 Å². The van der Waals surface area contributed by atoms with E-state index in [-0.39, 0.29) is 0 Å². The zero-order valence-corrected chi connectivity index (χ0v) is 15.0. The van der Waals surface area contributed by atoms with E-state index < -0.39 is 11.4 Å². The van der Waals surface area contributed by atoms with E-state index >= 15 is 0 Å². The van der Waals surface area contributed by atoms with E-state index in [0.717, 1.165) is 32.1 Å². The molecule has 0 spiro atoms. The molecule has 0 aliphatic heterocycles. The van der Waals surface area contributed by atoms with Gasteiger partial charge in [-0.25, -0.2) is 0 Å². The van der Waals surface area contributed by atoms with Crippen molar-refractivity contribution >= 4 is 5.97 Å². The summed E-state index contributed by atoms with van der Waals surface area (Å²) in [7, 11) is 0. The summed E-state index contributed by atoms with van der Waals surface area (Å²) in [6, 6.07) is 0. The zero-order chi connectivity index (χ0) is 16.3. The van der Waals surface area contributed by atoms with Crippen LogP contribution in [-0.4, -0.2) is 11.1 Å². The molecule has 0 aromatic rings. The summed E-state index contributed by atoms with van der Waals surface area (Å²) < 4.78 is 0. The summed E-state index contributed by atoms with van der Waals surface area (Å²) in [4.78, 5) is 11.9. The van der Waals surface area contributed by atoms with Gasteiger partial charge < -0.3 is 5.11 Å². The summed E-state index contributed by atoms with van der Waals surface area (Å²) in [5.41, 5.74) is -0.419. The van der Waals surface area contributed by atoms with Gasteiger partial charge in [-0.15, -0.1) is 0 Å². The van der Waals surface area contributed by atoms with Gasteiger partial charge in [0.2, 0.25) is 0 Å². The highest BCUT2D eigenvalue weighted by atomic mass is 16.4. The minimum Gasteiger partial charge on any atom is -0.481 e. The molecule has 0 saturated heterocycles. The Morgan fingerprint density at radius 2 is 1.41 bits per heavy atom. The molecule has 0 amide bonds. The Labute approximate surface area is 138 Å². The second-order valence-corrected chi connectivity index (χ2v) is 7.37. The maximum absolute atomic E-state index is 11.9. The maximum Gasteiger partial charge on any atom is 0.309 e. The summed E-state index contributed by atoms with van der Waals surface area (Å²) in [5, 5.41) is 9.81. The highest BCUT2D eigenvalue weighted by Crippen LogP contribution is 2.46. The van der Waals surface area contributed by atoms with Crippen LogP contribution in [0.25, 0.3) is 0 Å². The van der Waals surface area contributed by atoms with Crippen molar-refractivity contribution in [2.75, 3.05) is 0 Å². The van der Waals surface area contributed by atoms with Crippen LogP contribution in [0.1, 0.15) is 110 Å². The number of rotatable bonds is 13. The molecule has 0 aromatic heterocycles. The third-order valence-electron chi connectivity index (χ3n) is 5.92. The van der Waals surface area contributed by atoms with Gasteiger partial charge in [-0.1, -0.05) is 84.5 Å². The molecule has 22 heavy (non-hydrogen) atoms. The Hall–Kier alpha value is -0.530. The van der Waals surface area contributed by atoms with Gasteiger partial charge >= 0.3 is 5.97 Å². The van der Waals surface area contributed by atoms with Crippen LogP contribution in [0, 0.1) is 11.3 Å². The molecule has 0 radical (unpaired) electrons. The predicted molar refractivity (Wildman–Crippen MR) is 94.2 cm³/mol. The van der Waals surface area contributed by atoms with Crippen LogP contribution in [0.3, 0.4) is 0 Å². The SMILES string of the molecule is CCCCCCCCCCCC(CC)(C(=O)O)C1CCCC1. The van der Waals surface area contributed by atoms with E-state index in [1.807, 2.05) is 0 Å². The van der Waals surface area contributed by atoms with E-state index in [1.165, 1.54) is 64.2 Å². The molecule has 1 atom stereocenters. The van der Waals surface area contributed by atoms with Crippen LogP contribution in [0.5, 0.6) is 0 Å². The summed E-state index contributed by atoms with van der Waals surface area (Å²) in [5.74, 6) is -0.0921. The lowest BCUT2D eigenvalue weighted by molar-refractivity contribution is -0.153. The lowest BCUT2D eigenvalue weighted by Crippen LogP contribution is -2.37. The molecule has 1 aliphatic rings. The highest BCUT2D eigenvalue weighted by molar-refractivity contribution is 5.75. The van der Waals surface area contributed by atoms with Crippen LogP contribution < -0.4 is 0 Å². The number of carbonyl (C=O) groups is 1. The van der Waals surface area contributed by atoms with Crippen LogP contribution >= 0.6 is 0 Å². The van der Waals surface area contributed by atoms with E-state index in [9.17, 15) is 9.90 Å². The zero-order valence-electron chi connectivity index (χ0n) is 15.0. The molecule has 1 aliphatic carbocycles. The summed E-state index contributed by atoms with van der Waals surface area (Å²) in [6.45, 7) is 4.34. The molecule has 1 fully saturated rings. The second kappa shape index (κ2) is 11.1. The number of carboxylic acid groups (broad SMARTS) is 1. The monoisotopic (exact) mass is 310 g/mol. The molecule has 1 unspecified atom stereocenters. The van der Waals surface area contributed by atoms with Gasteiger partial charge in [0.25, 0.3) is 0 Å². The second-order valence-electron chi connectivity index (χ2n) is 7.37.